The Balaban J connectivity index is 1.51. The Kier molecular flexibility index (Phi) is 4.90. The van der Waals surface area contributed by atoms with E-state index in [9.17, 15) is 0 Å². The topological polar surface area (TPSA) is 39.9 Å². The molecule has 2 aromatic rings. The Morgan fingerprint density at radius 1 is 1.31 bits per heavy atom. The zero-order valence-electron chi connectivity index (χ0n) is 15.4. The fourth-order valence-electron chi connectivity index (χ4n) is 3.33. The first-order valence-electron chi connectivity index (χ1n) is 9.53. The third-order valence-corrected chi connectivity index (χ3v) is 5.16. The van der Waals surface area contributed by atoms with E-state index in [0.717, 1.165) is 54.0 Å². The van der Waals surface area contributed by atoms with E-state index in [2.05, 4.69) is 47.8 Å². The predicted octanol–water partition coefficient (Wildman–Crippen LogP) is 3.98. The van der Waals surface area contributed by atoms with Crippen LogP contribution in [0.4, 0.5) is 0 Å². The van der Waals surface area contributed by atoms with Crippen molar-refractivity contribution >= 4 is 5.57 Å². The molecule has 0 radical (unpaired) electrons. The highest BCUT2D eigenvalue weighted by atomic mass is 16.5. The Bertz CT molecular complexity index is 861. The number of ether oxygens (including phenoxy) is 1. The first-order chi connectivity index (χ1) is 12.7. The van der Waals surface area contributed by atoms with E-state index in [-0.39, 0.29) is 6.10 Å². The van der Waals surface area contributed by atoms with Crippen LogP contribution in [0.15, 0.2) is 31.0 Å². The van der Waals surface area contributed by atoms with Crippen LogP contribution in [0.5, 0.6) is 0 Å². The molecule has 2 fully saturated rings. The van der Waals surface area contributed by atoms with Crippen LogP contribution < -0.4 is 0 Å². The van der Waals surface area contributed by atoms with Gasteiger partial charge in [-0.15, -0.1) is 5.10 Å². The molecule has 0 amide bonds. The molecule has 0 unspecified atom stereocenters. The molecule has 1 aliphatic heterocycles. The normalized spacial score (nSPS) is 19.7. The molecule has 1 atom stereocenters. The molecule has 1 aromatic carbocycles. The third kappa shape index (κ3) is 3.89. The van der Waals surface area contributed by atoms with Crippen LogP contribution in [-0.4, -0.2) is 27.7 Å². The van der Waals surface area contributed by atoms with Crippen molar-refractivity contribution in [3.8, 4) is 11.8 Å². The van der Waals surface area contributed by atoms with Crippen molar-refractivity contribution in [3.05, 3.63) is 53.4 Å². The summed E-state index contributed by atoms with van der Waals surface area (Å²) in [7, 11) is 0. The minimum atomic E-state index is 0.245. The zero-order chi connectivity index (χ0) is 17.9. The molecule has 134 valence electrons. The molecule has 2 aliphatic rings. The first-order valence-corrected chi connectivity index (χ1v) is 9.53. The minimum absolute atomic E-state index is 0.245. The summed E-state index contributed by atoms with van der Waals surface area (Å²) in [5, 5.41) is 8.61. The Morgan fingerprint density at radius 3 is 2.96 bits per heavy atom. The van der Waals surface area contributed by atoms with Gasteiger partial charge in [0.1, 0.15) is 5.69 Å². The van der Waals surface area contributed by atoms with E-state index >= 15 is 0 Å². The molecule has 26 heavy (non-hydrogen) atoms. The Morgan fingerprint density at radius 2 is 2.19 bits per heavy atom. The summed E-state index contributed by atoms with van der Waals surface area (Å²) in [6.45, 7) is 7.99. The molecule has 1 saturated carbocycles. The van der Waals surface area contributed by atoms with Gasteiger partial charge in [0.25, 0.3) is 0 Å². The lowest BCUT2D eigenvalue weighted by Gasteiger charge is -2.21. The maximum Gasteiger partial charge on any atom is 0.113 e. The average Bonchev–Trinajstić information content (AvgIpc) is 3.38. The molecule has 1 aromatic heterocycles. The van der Waals surface area contributed by atoms with E-state index < -0.39 is 0 Å². The maximum atomic E-state index is 5.80. The number of hydrogen-bond donors (Lipinski definition) is 0. The lowest BCUT2D eigenvalue weighted by molar-refractivity contribution is 0.00370. The van der Waals surface area contributed by atoms with Crippen LogP contribution in [0.2, 0.25) is 0 Å². The largest absolute Gasteiger partial charge is 0.376 e. The maximum absolute atomic E-state index is 5.80. The first kappa shape index (κ1) is 17.1. The van der Waals surface area contributed by atoms with Gasteiger partial charge >= 0.3 is 0 Å². The van der Waals surface area contributed by atoms with Gasteiger partial charge in [-0.05, 0) is 56.2 Å². The van der Waals surface area contributed by atoms with E-state index in [1.54, 1.807) is 0 Å². The van der Waals surface area contributed by atoms with Crippen LogP contribution in [0.3, 0.4) is 0 Å². The molecule has 2 heterocycles. The van der Waals surface area contributed by atoms with Gasteiger partial charge < -0.3 is 4.74 Å². The van der Waals surface area contributed by atoms with Gasteiger partial charge in [0.05, 0.1) is 18.8 Å². The average molecular weight is 347 g/mol. The summed E-state index contributed by atoms with van der Waals surface area (Å²) in [6, 6.07) is 6.21. The van der Waals surface area contributed by atoms with Crippen molar-refractivity contribution in [2.75, 3.05) is 6.61 Å². The van der Waals surface area contributed by atoms with Gasteiger partial charge in [0, 0.05) is 23.7 Å². The zero-order valence-corrected chi connectivity index (χ0v) is 15.4. The summed E-state index contributed by atoms with van der Waals surface area (Å²) < 4.78 is 7.67. The highest BCUT2D eigenvalue weighted by Crippen LogP contribution is 2.29. The van der Waals surface area contributed by atoms with Gasteiger partial charge in [-0.2, -0.15) is 0 Å². The summed E-state index contributed by atoms with van der Waals surface area (Å²) in [5.74, 6) is 7.28. The van der Waals surface area contributed by atoms with Crippen molar-refractivity contribution in [1.82, 2.24) is 15.0 Å². The summed E-state index contributed by atoms with van der Waals surface area (Å²) >= 11 is 0. The number of aromatic nitrogens is 3. The molecule has 1 saturated heterocycles. The van der Waals surface area contributed by atoms with Gasteiger partial charge in [0.2, 0.25) is 0 Å². The molecule has 0 spiro atoms. The second-order valence-electron chi connectivity index (χ2n) is 7.31. The fraction of sp³-hybridized carbons (Fsp3) is 0.455. The molecule has 4 nitrogen and oxygen atoms in total. The van der Waals surface area contributed by atoms with E-state index in [1.165, 1.54) is 19.3 Å². The van der Waals surface area contributed by atoms with Crippen LogP contribution in [0.25, 0.3) is 5.57 Å². The molecule has 4 heteroatoms. The number of rotatable bonds is 4. The lowest BCUT2D eigenvalue weighted by atomic mass is 9.96. The number of hydrogen-bond acceptors (Lipinski definition) is 3. The van der Waals surface area contributed by atoms with Crippen molar-refractivity contribution in [3.63, 3.8) is 0 Å². The molecule has 4 rings (SSSR count). The Hall–Kier alpha value is -2.38. The molecule has 1 aliphatic carbocycles. The van der Waals surface area contributed by atoms with Gasteiger partial charge in [-0.1, -0.05) is 35.8 Å². The van der Waals surface area contributed by atoms with Crippen LogP contribution in [0, 0.1) is 24.7 Å². The smallest absolute Gasteiger partial charge is 0.113 e. The Labute approximate surface area is 155 Å². The van der Waals surface area contributed by atoms with E-state index in [4.69, 9.17) is 4.74 Å². The fourth-order valence-corrected chi connectivity index (χ4v) is 3.33. The van der Waals surface area contributed by atoms with Gasteiger partial charge in [-0.3, -0.25) is 0 Å². The minimum Gasteiger partial charge on any atom is -0.376 e. The summed E-state index contributed by atoms with van der Waals surface area (Å²) in [4.78, 5) is 0. The second kappa shape index (κ2) is 7.47. The van der Waals surface area contributed by atoms with Crippen molar-refractivity contribution in [2.24, 2.45) is 5.92 Å². The van der Waals surface area contributed by atoms with Crippen molar-refractivity contribution in [2.45, 2.75) is 51.7 Å². The van der Waals surface area contributed by atoms with Crippen LogP contribution >= 0.6 is 0 Å². The standard InChI is InChI=1S/C22H25N3O/c1-16-19(12-11-18-9-10-18)6-5-8-21(16)17(2)22-15-25(24-23-22)14-20-7-3-4-13-26-20/h5-6,8,15,18,20H,2-4,7,9-10,13-14H2,1H3/t20-/m1/s1. The molecule has 0 bridgehead atoms. The lowest BCUT2D eigenvalue weighted by Crippen LogP contribution is -2.24. The van der Waals surface area contributed by atoms with E-state index in [0.29, 0.717) is 5.92 Å². The van der Waals surface area contributed by atoms with Gasteiger partial charge in [0.15, 0.2) is 0 Å². The molecular formula is C22H25N3O. The summed E-state index contributed by atoms with van der Waals surface area (Å²) in [6.07, 6.45) is 8.19. The SMILES string of the molecule is C=C(c1cn(C[C@H]2CCCCO2)nn1)c1cccc(C#CC2CC2)c1C. The highest BCUT2D eigenvalue weighted by Gasteiger charge is 2.18. The highest BCUT2D eigenvalue weighted by molar-refractivity contribution is 5.78. The quantitative estimate of drug-likeness (QED) is 0.786. The van der Waals surface area contributed by atoms with Crippen molar-refractivity contribution in [1.29, 1.82) is 0 Å². The third-order valence-electron chi connectivity index (χ3n) is 5.16. The molecule has 0 N–H and O–H groups in total. The van der Waals surface area contributed by atoms with Crippen LogP contribution in [-0.2, 0) is 11.3 Å². The molecular weight excluding hydrogens is 322 g/mol. The number of nitrogens with zero attached hydrogens (tertiary/aromatic N) is 3. The predicted molar refractivity (Wildman–Crippen MR) is 103 cm³/mol. The van der Waals surface area contributed by atoms with Crippen molar-refractivity contribution < 1.29 is 4.74 Å². The summed E-state index contributed by atoms with van der Waals surface area (Å²) in [5.41, 5.74) is 5.05. The van der Waals surface area contributed by atoms with Gasteiger partial charge in [-0.25, -0.2) is 4.68 Å². The van der Waals surface area contributed by atoms with Crippen LogP contribution in [0.1, 0.15) is 54.5 Å². The number of benzene rings is 1. The monoisotopic (exact) mass is 347 g/mol. The second-order valence-corrected chi connectivity index (χ2v) is 7.31. The van der Waals surface area contributed by atoms with E-state index in [1.807, 2.05) is 16.9 Å².